The Morgan fingerprint density at radius 2 is 2.00 bits per heavy atom. The Balaban J connectivity index is 2.09. The van der Waals surface area contributed by atoms with E-state index < -0.39 is 0 Å². The molecule has 1 aliphatic heterocycles. The van der Waals surface area contributed by atoms with Crippen LogP contribution in [-0.2, 0) is 0 Å². The zero-order chi connectivity index (χ0) is 11.0. The van der Waals surface area contributed by atoms with Gasteiger partial charge in [-0.15, -0.1) is 0 Å². The van der Waals surface area contributed by atoms with E-state index in [2.05, 4.69) is 31.5 Å². The molecule has 0 radical (unpaired) electrons. The van der Waals surface area contributed by atoms with Crippen LogP contribution >= 0.6 is 0 Å². The Bertz CT molecular complexity index is 499. The molecule has 0 bridgehead atoms. The molecular weight excluding hydrogens is 204 g/mol. The molecule has 0 amide bonds. The number of hydrogen-bond donors (Lipinski definition) is 0. The van der Waals surface area contributed by atoms with Crippen molar-refractivity contribution >= 4 is 11.6 Å². The number of hydrogen-bond acceptors (Lipinski definition) is 5. The number of tetrazole rings is 1. The summed E-state index contributed by atoms with van der Waals surface area (Å²) in [5, 5.41) is 11.6. The van der Waals surface area contributed by atoms with Gasteiger partial charge >= 0.3 is 0 Å². The number of aromatic nitrogens is 5. The standard InChI is InChI=1S/C10H14N6/c1-8-7-9(15-5-3-2-4-6-15)16-10(11-8)12-13-14-16/h7H,2-6H2,1H3. The van der Waals surface area contributed by atoms with E-state index in [0.717, 1.165) is 24.6 Å². The Morgan fingerprint density at radius 1 is 1.19 bits per heavy atom. The van der Waals surface area contributed by atoms with E-state index in [0.29, 0.717) is 5.78 Å². The summed E-state index contributed by atoms with van der Waals surface area (Å²) < 4.78 is 1.72. The molecule has 0 spiro atoms. The summed E-state index contributed by atoms with van der Waals surface area (Å²) in [5.41, 5.74) is 0.961. The molecule has 1 fully saturated rings. The minimum Gasteiger partial charge on any atom is -0.356 e. The first kappa shape index (κ1) is 9.50. The largest absolute Gasteiger partial charge is 0.356 e. The number of piperidine rings is 1. The fraction of sp³-hybridized carbons (Fsp3) is 0.600. The van der Waals surface area contributed by atoms with Crippen LogP contribution in [0.1, 0.15) is 25.0 Å². The monoisotopic (exact) mass is 218 g/mol. The maximum absolute atomic E-state index is 4.29. The predicted molar refractivity (Wildman–Crippen MR) is 59.4 cm³/mol. The molecule has 0 aromatic carbocycles. The van der Waals surface area contributed by atoms with Crippen molar-refractivity contribution in [3.63, 3.8) is 0 Å². The van der Waals surface area contributed by atoms with Gasteiger partial charge in [0.25, 0.3) is 5.78 Å². The lowest BCUT2D eigenvalue weighted by molar-refractivity contribution is 0.566. The second-order valence-electron chi connectivity index (χ2n) is 4.19. The van der Waals surface area contributed by atoms with Gasteiger partial charge in [0.05, 0.1) is 0 Å². The van der Waals surface area contributed by atoms with Gasteiger partial charge in [0.1, 0.15) is 5.82 Å². The van der Waals surface area contributed by atoms with E-state index in [1.807, 2.05) is 6.92 Å². The topological polar surface area (TPSA) is 59.2 Å². The molecule has 0 saturated carbocycles. The smallest absolute Gasteiger partial charge is 0.275 e. The average molecular weight is 218 g/mol. The summed E-state index contributed by atoms with van der Waals surface area (Å²) in [7, 11) is 0. The molecule has 2 aromatic heterocycles. The number of aryl methyl sites for hydroxylation is 1. The molecule has 6 heteroatoms. The minimum atomic E-state index is 0.584. The number of fused-ring (bicyclic) bond motifs is 1. The van der Waals surface area contributed by atoms with Crippen LogP contribution in [0, 0.1) is 6.92 Å². The van der Waals surface area contributed by atoms with Crippen LogP contribution in [0.5, 0.6) is 0 Å². The Kier molecular flexibility index (Phi) is 2.19. The van der Waals surface area contributed by atoms with E-state index in [9.17, 15) is 0 Å². The quantitative estimate of drug-likeness (QED) is 0.709. The molecular formula is C10H14N6. The molecule has 0 N–H and O–H groups in total. The normalized spacial score (nSPS) is 16.9. The summed E-state index contributed by atoms with van der Waals surface area (Å²) >= 11 is 0. The zero-order valence-corrected chi connectivity index (χ0v) is 9.30. The zero-order valence-electron chi connectivity index (χ0n) is 9.30. The SMILES string of the molecule is Cc1cc(N2CCCCC2)n2nnnc2n1. The van der Waals surface area contributed by atoms with Crippen LogP contribution in [0.2, 0.25) is 0 Å². The highest BCUT2D eigenvalue weighted by atomic mass is 15.6. The van der Waals surface area contributed by atoms with Gasteiger partial charge in [0, 0.05) is 24.8 Å². The molecule has 3 heterocycles. The van der Waals surface area contributed by atoms with Crippen LogP contribution in [0.3, 0.4) is 0 Å². The van der Waals surface area contributed by atoms with Crippen molar-refractivity contribution in [2.24, 2.45) is 0 Å². The van der Waals surface area contributed by atoms with E-state index >= 15 is 0 Å². The molecule has 0 unspecified atom stereocenters. The van der Waals surface area contributed by atoms with Gasteiger partial charge in [0.15, 0.2) is 0 Å². The highest BCUT2D eigenvalue weighted by Crippen LogP contribution is 2.19. The maximum atomic E-state index is 4.29. The van der Waals surface area contributed by atoms with E-state index in [1.54, 1.807) is 4.52 Å². The molecule has 84 valence electrons. The van der Waals surface area contributed by atoms with E-state index in [4.69, 9.17) is 0 Å². The van der Waals surface area contributed by atoms with E-state index in [-0.39, 0.29) is 0 Å². The van der Waals surface area contributed by atoms with Crippen LogP contribution < -0.4 is 4.90 Å². The number of nitrogens with zero attached hydrogens (tertiary/aromatic N) is 6. The maximum Gasteiger partial charge on any atom is 0.275 e. The molecule has 0 atom stereocenters. The third kappa shape index (κ3) is 1.50. The molecule has 0 aliphatic carbocycles. The third-order valence-corrected chi connectivity index (χ3v) is 2.96. The first-order chi connectivity index (χ1) is 7.84. The van der Waals surface area contributed by atoms with Crippen LogP contribution in [0.25, 0.3) is 5.78 Å². The van der Waals surface area contributed by atoms with Crippen molar-refractivity contribution in [3.05, 3.63) is 11.8 Å². The molecule has 1 aliphatic rings. The van der Waals surface area contributed by atoms with Gasteiger partial charge in [0.2, 0.25) is 0 Å². The molecule has 16 heavy (non-hydrogen) atoms. The fourth-order valence-electron chi connectivity index (χ4n) is 2.19. The summed E-state index contributed by atoms with van der Waals surface area (Å²) in [6, 6.07) is 2.05. The second kappa shape index (κ2) is 3.70. The van der Waals surface area contributed by atoms with Crippen LogP contribution in [-0.4, -0.2) is 38.1 Å². The minimum absolute atomic E-state index is 0.584. The average Bonchev–Trinajstić information content (AvgIpc) is 2.77. The number of anilines is 1. The van der Waals surface area contributed by atoms with Gasteiger partial charge in [-0.1, -0.05) is 5.10 Å². The Labute approximate surface area is 93.3 Å². The van der Waals surface area contributed by atoms with Gasteiger partial charge in [-0.25, -0.2) is 4.98 Å². The van der Waals surface area contributed by atoms with E-state index in [1.165, 1.54) is 19.3 Å². The number of rotatable bonds is 1. The van der Waals surface area contributed by atoms with Crippen molar-refractivity contribution in [1.82, 2.24) is 25.0 Å². The summed E-state index contributed by atoms with van der Waals surface area (Å²) in [5.74, 6) is 1.65. The molecule has 2 aromatic rings. The van der Waals surface area contributed by atoms with Gasteiger partial charge in [-0.2, -0.15) is 4.52 Å². The summed E-state index contributed by atoms with van der Waals surface area (Å²) in [6.07, 6.45) is 3.80. The predicted octanol–water partition coefficient (Wildman–Crippen LogP) is 0.818. The summed E-state index contributed by atoms with van der Waals surface area (Å²) in [4.78, 5) is 6.63. The fourth-order valence-corrected chi connectivity index (χ4v) is 2.19. The van der Waals surface area contributed by atoms with Crippen LogP contribution in [0.4, 0.5) is 5.82 Å². The van der Waals surface area contributed by atoms with Crippen molar-refractivity contribution in [1.29, 1.82) is 0 Å². The highest BCUT2D eigenvalue weighted by molar-refractivity contribution is 5.46. The lowest BCUT2D eigenvalue weighted by atomic mass is 10.1. The molecule has 1 saturated heterocycles. The first-order valence-corrected chi connectivity index (χ1v) is 5.65. The Hall–Kier alpha value is -1.72. The van der Waals surface area contributed by atoms with Gasteiger partial charge in [-0.05, 0) is 36.6 Å². The van der Waals surface area contributed by atoms with Crippen LogP contribution in [0.15, 0.2) is 6.07 Å². The Morgan fingerprint density at radius 3 is 2.81 bits per heavy atom. The lowest BCUT2D eigenvalue weighted by Crippen LogP contribution is -2.31. The van der Waals surface area contributed by atoms with Crippen molar-refractivity contribution < 1.29 is 0 Å². The van der Waals surface area contributed by atoms with Crippen molar-refractivity contribution in [2.45, 2.75) is 26.2 Å². The summed E-state index contributed by atoms with van der Waals surface area (Å²) in [6.45, 7) is 4.14. The first-order valence-electron chi connectivity index (χ1n) is 5.65. The van der Waals surface area contributed by atoms with Gasteiger partial charge < -0.3 is 4.90 Å². The highest BCUT2D eigenvalue weighted by Gasteiger charge is 2.16. The van der Waals surface area contributed by atoms with Gasteiger partial charge in [-0.3, -0.25) is 0 Å². The lowest BCUT2D eigenvalue weighted by Gasteiger charge is -2.28. The third-order valence-electron chi connectivity index (χ3n) is 2.96. The molecule has 6 nitrogen and oxygen atoms in total. The molecule has 3 rings (SSSR count). The van der Waals surface area contributed by atoms with Crippen molar-refractivity contribution in [3.8, 4) is 0 Å². The van der Waals surface area contributed by atoms with Crippen molar-refractivity contribution in [2.75, 3.05) is 18.0 Å². The second-order valence-corrected chi connectivity index (χ2v) is 4.19.